The summed E-state index contributed by atoms with van der Waals surface area (Å²) >= 11 is 1.90. The van der Waals surface area contributed by atoms with Crippen LogP contribution in [0.3, 0.4) is 0 Å². The Morgan fingerprint density at radius 3 is 2.68 bits per heavy atom. The van der Waals surface area contributed by atoms with E-state index in [-0.39, 0.29) is 5.82 Å². The molecule has 4 aromatic heterocycles. The fraction of sp³-hybridized carbons (Fsp3) is 0.182. The second-order valence-electron chi connectivity index (χ2n) is 7.51. The van der Waals surface area contributed by atoms with Crippen LogP contribution in [0.4, 0.5) is 4.39 Å². The molecule has 5 heterocycles. The quantitative estimate of drug-likeness (QED) is 0.414. The van der Waals surface area contributed by atoms with Crippen LogP contribution in [0, 0.1) is 5.82 Å². The molecule has 1 saturated heterocycles. The summed E-state index contributed by atoms with van der Waals surface area (Å²) in [6, 6.07) is 8.68. The van der Waals surface area contributed by atoms with E-state index in [9.17, 15) is 4.39 Å². The van der Waals surface area contributed by atoms with Crippen molar-refractivity contribution in [3.63, 3.8) is 0 Å². The number of nitrogens with zero attached hydrogens (tertiary/aromatic N) is 6. The highest BCUT2D eigenvalue weighted by Gasteiger charge is 2.25. The lowest BCUT2D eigenvalue weighted by Crippen LogP contribution is -2.23. The summed E-state index contributed by atoms with van der Waals surface area (Å²) in [5, 5.41) is 5.66. The minimum atomic E-state index is -0.278. The summed E-state index contributed by atoms with van der Waals surface area (Å²) in [6.45, 7) is 0. The molecule has 0 atom stereocenters. The third-order valence-electron chi connectivity index (χ3n) is 5.50. The molecule has 0 radical (unpaired) electrons. The van der Waals surface area contributed by atoms with Crippen LogP contribution in [0.1, 0.15) is 6.04 Å². The Balaban J connectivity index is 1.55. The first-order valence-electron chi connectivity index (χ1n) is 9.82. The lowest BCUT2D eigenvalue weighted by atomic mass is 10.0. The summed E-state index contributed by atoms with van der Waals surface area (Å²) < 4.78 is 23.4. The van der Waals surface area contributed by atoms with Crippen molar-refractivity contribution in [2.24, 2.45) is 7.05 Å². The van der Waals surface area contributed by atoms with E-state index in [1.54, 1.807) is 24.7 Å². The molecule has 1 aliphatic heterocycles. The van der Waals surface area contributed by atoms with Gasteiger partial charge in [-0.1, -0.05) is 0 Å². The SMILES string of the molecule is Cn1cncc1-c1cc2c(-c3cn(C4CSC4)nc3-c3ccc(F)cc3)ncnc2o1. The van der Waals surface area contributed by atoms with E-state index in [0.717, 1.165) is 45.1 Å². The van der Waals surface area contributed by atoms with Gasteiger partial charge in [0.05, 0.1) is 29.6 Å². The van der Waals surface area contributed by atoms with Crippen LogP contribution >= 0.6 is 11.8 Å². The maximum Gasteiger partial charge on any atom is 0.230 e. The van der Waals surface area contributed by atoms with E-state index in [1.165, 1.54) is 18.5 Å². The first-order chi connectivity index (χ1) is 15.2. The Labute approximate surface area is 181 Å². The van der Waals surface area contributed by atoms with E-state index >= 15 is 0 Å². The highest BCUT2D eigenvalue weighted by molar-refractivity contribution is 8.00. The van der Waals surface area contributed by atoms with Crippen molar-refractivity contribution in [1.29, 1.82) is 0 Å². The molecule has 154 valence electrons. The predicted molar refractivity (Wildman–Crippen MR) is 117 cm³/mol. The Hall–Kier alpha value is -3.46. The third kappa shape index (κ3) is 3.04. The normalized spacial score (nSPS) is 14.3. The topological polar surface area (TPSA) is 74.6 Å². The monoisotopic (exact) mass is 432 g/mol. The van der Waals surface area contributed by atoms with E-state index in [4.69, 9.17) is 9.52 Å². The molecule has 0 saturated carbocycles. The fourth-order valence-electron chi connectivity index (χ4n) is 3.74. The largest absolute Gasteiger partial charge is 0.436 e. The van der Waals surface area contributed by atoms with Crippen molar-refractivity contribution >= 4 is 22.9 Å². The molecule has 9 heteroatoms. The molecule has 0 spiro atoms. The average molecular weight is 432 g/mol. The van der Waals surface area contributed by atoms with Crippen LogP contribution in [-0.2, 0) is 7.05 Å². The molecule has 31 heavy (non-hydrogen) atoms. The standard InChI is InChI=1S/C22H17FN6OS/c1-28-12-24-7-18(28)19-6-16-21(25-11-26-22(16)30-19)17-8-29(15-9-31-10-15)27-20(17)13-2-4-14(23)5-3-13/h2-8,11-12,15H,9-10H2,1H3. The van der Waals surface area contributed by atoms with Gasteiger partial charge in [-0.05, 0) is 30.3 Å². The number of fused-ring (bicyclic) bond motifs is 1. The predicted octanol–water partition coefficient (Wildman–Crippen LogP) is 4.58. The third-order valence-corrected chi connectivity index (χ3v) is 6.74. The van der Waals surface area contributed by atoms with Gasteiger partial charge in [-0.15, -0.1) is 0 Å². The summed E-state index contributed by atoms with van der Waals surface area (Å²) in [7, 11) is 1.91. The van der Waals surface area contributed by atoms with E-state index in [0.29, 0.717) is 17.5 Å². The van der Waals surface area contributed by atoms with Crippen LogP contribution in [0.2, 0.25) is 0 Å². The number of aryl methyl sites for hydroxylation is 1. The van der Waals surface area contributed by atoms with Gasteiger partial charge in [0.2, 0.25) is 5.71 Å². The average Bonchev–Trinajstić information content (AvgIpc) is 3.44. The van der Waals surface area contributed by atoms with Crippen molar-refractivity contribution in [2.45, 2.75) is 6.04 Å². The van der Waals surface area contributed by atoms with Crippen molar-refractivity contribution < 1.29 is 8.81 Å². The van der Waals surface area contributed by atoms with Crippen LogP contribution in [0.25, 0.3) is 45.1 Å². The Kier molecular flexibility index (Phi) is 4.17. The minimum Gasteiger partial charge on any atom is -0.436 e. The molecular weight excluding hydrogens is 415 g/mol. The summed E-state index contributed by atoms with van der Waals surface area (Å²) in [5.41, 5.74) is 4.56. The molecule has 1 fully saturated rings. The Morgan fingerprint density at radius 2 is 1.97 bits per heavy atom. The number of halogens is 1. The van der Waals surface area contributed by atoms with Crippen molar-refractivity contribution in [2.75, 3.05) is 11.5 Å². The molecule has 6 rings (SSSR count). The molecular formula is C22H17FN6OS. The van der Waals surface area contributed by atoms with Gasteiger partial charge in [0.15, 0.2) is 5.76 Å². The molecule has 5 aromatic rings. The number of rotatable bonds is 4. The maximum atomic E-state index is 13.5. The van der Waals surface area contributed by atoms with Gasteiger partial charge in [-0.25, -0.2) is 19.3 Å². The number of furan rings is 1. The van der Waals surface area contributed by atoms with Gasteiger partial charge in [0.25, 0.3) is 0 Å². The number of aromatic nitrogens is 6. The van der Waals surface area contributed by atoms with Gasteiger partial charge in [-0.3, -0.25) is 4.68 Å². The number of benzene rings is 1. The molecule has 1 aliphatic rings. The number of imidazole rings is 1. The van der Waals surface area contributed by atoms with Gasteiger partial charge >= 0.3 is 0 Å². The summed E-state index contributed by atoms with van der Waals surface area (Å²) in [6.07, 6.45) is 7.00. The fourth-order valence-corrected chi connectivity index (χ4v) is 4.49. The lowest BCUT2D eigenvalue weighted by molar-refractivity contribution is 0.528. The number of hydrogen-bond donors (Lipinski definition) is 0. The highest BCUT2D eigenvalue weighted by atomic mass is 32.2. The molecule has 0 amide bonds. The van der Waals surface area contributed by atoms with Gasteiger partial charge in [0.1, 0.15) is 23.5 Å². The number of thioether (sulfide) groups is 1. The molecule has 0 aliphatic carbocycles. The summed E-state index contributed by atoms with van der Waals surface area (Å²) in [4.78, 5) is 13.1. The van der Waals surface area contributed by atoms with Crippen LogP contribution in [-0.4, -0.2) is 40.8 Å². The zero-order valence-electron chi connectivity index (χ0n) is 16.6. The molecule has 7 nitrogen and oxygen atoms in total. The van der Waals surface area contributed by atoms with Gasteiger partial charge in [-0.2, -0.15) is 16.9 Å². The first-order valence-corrected chi connectivity index (χ1v) is 11.0. The first kappa shape index (κ1) is 18.3. The second-order valence-corrected chi connectivity index (χ2v) is 8.59. The highest BCUT2D eigenvalue weighted by Crippen LogP contribution is 2.38. The maximum absolute atomic E-state index is 13.5. The molecule has 1 aromatic carbocycles. The van der Waals surface area contributed by atoms with Gasteiger partial charge in [0, 0.05) is 35.9 Å². The van der Waals surface area contributed by atoms with E-state index in [1.807, 2.05) is 40.3 Å². The zero-order chi connectivity index (χ0) is 20.9. The van der Waals surface area contributed by atoms with E-state index in [2.05, 4.69) is 15.0 Å². The Morgan fingerprint density at radius 1 is 1.13 bits per heavy atom. The van der Waals surface area contributed by atoms with E-state index < -0.39 is 0 Å². The minimum absolute atomic E-state index is 0.278. The molecule has 0 bridgehead atoms. The second kappa shape index (κ2) is 7.05. The van der Waals surface area contributed by atoms with Crippen LogP contribution in [0.5, 0.6) is 0 Å². The Bertz CT molecular complexity index is 1400. The zero-order valence-corrected chi connectivity index (χ0v) is 17.4. The van der Waals surface area contributed by atoms with Gasteiger partial charge < -0.3 is 8.98 Å². The molecule has 0 N–H and O–H groups in total. The lowest BCUT2D eigenvalue weighted by Gasteiger charge is -2.24. The smallest absolute Gasteiger partial charge is 0.230 e. The number of hydrogen-bond acceptors (Lipinski definition) is 6. The van der Waals surface area contributed by atoms with Crippen LogP contribution < -0.4 is 0 Å². The summed E-state index contributed by atoms with van der Waals surface area (Å²) in [5.74, 6) is 2.45. The molecule has 0 unspecified atom stereocenters. The van der Waals surface area contributed by atoms with Crippen molar-refractivity contribution in [3.05, 3.63) is 61.2 Å². The van der Waals surface area contributed by atoms with Crippen molar-refractivity contribution in [3.8, 4) is 34.0 Å². The van der Waals surface area contributed by atoms with Crippen LogP contribution in [0.15, 0.2) is 59.8 Å². The van der Waals surface area contributed by atoms with Crippen molar-refractivity contribution in [1.82, 2.24) is 29.3 Å².